The summed E-state index contributed by atoms with van der Waals surface area (Å²) >= 11 is 6.43. The third kappa shape index (κ3) is 4.65. The summed E-state index contributed by atoms with van der Waals surface area (Å²) < 4.78 is 5.64. The lowest BCUT2D eigenvalue weighted by Gasteiger charge is -2.29. The zero-order valence-electron chi connectivity index (χ0n) is 19.9. The topological polar surface area (TPSA) is 117 Å². The van der Waals surface area contributed by atoms with Crippen LogP contribution in [0.4, 0.5) is 27.9 Å². The van der Waals surface area contributed by atoms with Gasteiger partial charge in [-0.05, 0) is 42.0 Å². The molecule has 0 spiro atoms. The molecular formula is C25H29ClN6O3. The summed E-state index contributed by atoms with van der Waals surface area (Å²) in [5.74, 6) is 1.27. The number of nitrogens with zero attached hydrogens (tertiary/aromatic N) is 2. The van der Waals surface area contributed by atoms with Crippen molar-refractivity contribution in [3.8, 4) is 0 Å². The minimum absolute atomic E-state index is 0.0310. The Kier molecular flexibility index (Phi) is 6.04. The zero-order valence-corrected chi connectivity index (χ0v) is 20.6. The van der Waals surface area contributed by atoms with Crippen molar-refractivity contribution in [2.75, 3.05) is 23.0 Å². The fourth-order valence-corrected chi connectivity index (χ4v) is 5.33. The van der Waals surface area contributed by atoms with Crippen molar-refractivity contribution in [2.24, 2.45) is 11.8 Å². The van der Waals surface area contributed by atoms with E-state index in [1.807, 2.05) is 18.2 Å². The van der Waals surface area contributed by atoms with Crippen molar-refractivity contribution < 1.29 is 14.3 Å². The highest BCUT2D eigenvalue weighted by atomic mass is 35.5. The van der Waals surface area contributed by atoms with Gasteiger partial charge in [-0.25, -0.2) is 9.78 Å². The van der Waals surface area contributed by atoms with Crippen LogP contribution in [0.25, 0.3) is 0 Å². The van der Waals surface area contributed by atoms with Gasteiger partial charge in [0.15, 0.2) is 5.82 Å². The van der Waals surface area contributed by atoms with Gasteiger partial charge in [0, 0.05) is 36.7 Å². The van der Waals surface area contributed by atoms with Crippen molar-refractivity contribution in [2.45, 2.75) is 50.7 Å². The van der Waals surface area contributed by atoms with E-state index in [9.17, 15) is 9.59 Å². The van der Waals surface area contributed by atoms with Gasteiger partial charge in [0.2, 0.25) is 11.9 Å². The summed E-state index contributed by atoms with van der Waals surface area (Å²) in [5, 5.41) is 12.5. The number of benzene rings is 1. The van der Waals surface area contributed by atoms with Crippen molar-refractivity contribution in [3.63, 3.8) is 0 Å². The number of ether oxygens (including phenoxy) is 1. The molecule has 35 heavy (non-hydrogen) atoms. The Morgan fingerprint density at radius 1 is 1.26 bits per heavy atom. The first-order valence-corrected chi connectivity index (χ1v) is 12.2. The molecule has 2 aliphatic carbocycles. The molecule has 2 heterocycles. The van der Waals surface area contributed by atoms with Crippen molar-refractivity contribution in [1.29, 1.82) is 0 Å². The summed E-state index contributed by atoms with van der Waals surface area (Å²) in [6, 6.07) is 5.68. The first-order valence-electron chi connectivity index (χ1n) is 11.8. The molecule has 0 saturated heterocycles. The van der Waals surface area contributed by atoms with Gasteiger partial charge in [-0.3, -0.25) is 4.79 Å². The molecule has 9 nitrogen and oxygen atoms in total. The number of alkyl carbamates (subject to hydrolysis) is 1. The minimum atomic E-state index is -0.457. The van der Waals surface area contributed by atoms with E-state index in [0.29, 0.717) is 23.2 Å². The van der Waals surface area contributed by atoms with Crippen LogP contribution in [-0.4, -0.2) is 41.2 Å². The second-order valence-corrected chi connectivity index (χ2v) is 10.4. The molecule has 4 unspecified atom stereocenters. The number of carbonyl (C=O) groups is 2. The third-order valence-corrected chi connectivity index (χ3v) is 7.41. The largest absolute Gasteiger partial charge is 0.443 e. The molecule has 4 N–H and O–H groups in total. The van der Waals surface area contributed by atoms with E-state index in [0.717, 1.165) is 29.8 Å². The number of nitrogens with one attached hydrogen (secondary N) is 4. The Labute approximate surface area is 209 Å². The maximum Gasteiger partial charge on any atom is 0.407 e. The Morgan fingerprint density at radius 3 is 2.86 bits per heavy atom. The average Bonchev–Trinajstić information content (AvgIpc) is 3.40. The third-order valence-electron chi connectivity index (χ3n) is 7.14. The normalized spacial score (nSPS) is 25.9. The molecule has 2 bridgehead atoms. The lowest BCUT2D eigenvalue weighted by Crippen LogP contribution is -2.42. The first kappa shape index (κ1) is 23.4. The molecule has 1 fully saturated rings. The maximum atomic E-state index is 12.1. The van der Waals surface area contributed by atoms with Gasteiger partial charge in [0.25, 0.3) is 0 Å². The van der Waals surface area contributed by atoms with Crippen LogP contribution in [0.2, 0.25) is 5.02 Å². The highest BCUT2D eigenvalue weighted by molar-refractivity contribution is 6.32. The number of hydrogen-bond donors (Lipinski definition) is 4. The van der Waals surface area contributed by atoms with Crippen LogP contribution >= 0.6 is 11.6 Å². The van der Waals surface area contributed by atoms with E-state index in [1.165, 1.54) is 0 Å². The molecule has 4 atom stereocenters. The fourth-order valence-electron chi connectivity index (χ4n) is 5.19. The standard InChI is InChI=1S/C25H29ClN6O3/c1-25(2)9-8-19(33)30-18-7-6-15(11-16(18)25)29-23-28-12-17(26)22(32-23)31-20-13-4-5-14(10-13)21(20)35-24(34)27-3/h4-7,11-14,20-21H,8-10H2,1-3H3,(H,27,34)(H,30,33)(H2,28,29,31,32). The van der Waals surface area contributed by atoms with Gasteiger partial charge in [-0.15, -0.1) is 0 Å². The number of aromatic nitrogens is 2. The molecule has 1 aliphatic heterocycles. The maximum absolute atomic E-state index is 12.1. The minimum Gasteiger partial charge on any atom is -0.443 e. The summed E-state index contributed by atoms with van der Waals surface area (Å²) in [7, 11) is 1.55. The van der Waals surface area contributed by atoms with E-state index in [4.69, 9.17) is 16.3 Å². The molecule has 2 amide bonds. The zero-order chi connectivity index (χ0) is 24.7. The van der Waals surface area contributed by atoms with Gasteiger partial charge in [0.1, 0.15) is 11.1 Å². The monoisotopic (exact) mass is 496 g/mol. The fraction of sp³-hybridized carbons (Fsp3) is 0.440. The van der Waals surface area contributed by atoms with Crippen LogP contribution in [0, 0.1) is 11.8 Å². The number of rotatable bonds is 5. The molecule has 1 aromatic heterocycles. The number of carbonyl (C=O) groups excluding carboxylic acids is 2. The second-order valence-electron chi connectivity index (χ2n) is 9.95. The molecule has 0 radical (unpaired) electrons. The van der Waals surface area contributed by atoms with Gasteiger partial charge in [0.05, 0.1) is 12.2 Å². The van der Waals surface area contributed by atoms with Crippen molar-refractivity contribution in [3.05, 3.63) is 47.1 Å². The van der Waals surface area contributed by atoms with E-state index in [-0.39, 0.29) is 35.3 Å². The van der Waals surface area contributed by atoms with E-state index in [2.05, 4.69) is 57.2 Å². The van der Waals surface area contributed by atoms with Crippen LogP contribution < -0.4 is 21.3 Å². The average molecular weight is 497 g/mol. The Balaban J connectivity index is 1.37. The van der Waals surface area contributed by atoms with E-state index < -0.39 is 6.09 Å². The molecular weight excluding hydrogens is 468 g/mol. The lowest BCUT2D eigenvalue weighted by atomic mass is 9.80. The Bertz CT molecular complexity index is 1200. The highest BCUT2D eigenvalue weighted by Crippen LogP contribution is 2.43. The highest BCUT2D eigenvalue weighted by Gasteiger charge is 2.47. The number of fused-ring (bicyclic) bond motifs is 3. The molecule has 1 aromatic carbocycles. The molecule has 5 rings (SSSR count). The molecule has 184 valence electrons. The first-order chi connectivity index (χ1) is 16.7. The van der Waals surface area contributed by atoms with E-state index >= 15 is 0 Å². The van der Waals surface area contributed by atoms with Crippen LogP contribution in [0.5, 0.6) is 0 Å². The quantitative estimate of drug-likeness (QED) is 0.447. The Hall–Kier alpha value is -3.33. The number of anilines is 4. The number of halogens is 1. The van der Waals surface area contributed by atoms with Gasteiger partial charge in [-0.2, -0.15) is 4.98 Å². The predicted molar refractivity (Wildman–Crippen MR) is 135 cm³/mol. The van der Waals surface area contributed by atoms with Crippen LogP contribution in [0.1, 0.15) is 38.7 Å². The molecule has 1 saturated carbocycles. The second kappa shape index (κ2) is 9.03. The summed E-state index contributed by atoms with van der Waals surface area (Å²) in [4.78, 5) is 32.9. The SMILES string of the molecule is CNC(=O)OC1C2C=CC(C2)C1Nc1nc(Nc2ccc3c(c2)C(C)(C)CCC(=O)N3)ncc1Cl. The van der Waals surface area contributed by atoms with E-state index in [1.54, 1.807) is 13.2 Å². The molecule has 3 aliphatic rings. The van der Waals surface area contributed by atoms with Gasteiger partial charge < -0.3 is 26.0 Å². The van der Waals surface area contributed by atoms with Gasteiger partial charge >= 0.3 is 6.09 Å². The Morgan fingerprint density at radius 2 is 2.06 bits per heavy atom. The molecule has 10 heteroatoms. The lowest BCUT2D eigenvalue weighted by molar-refractivity contribution is -0.116. The summed E-state index contributed by atoms with van der Waals surface area (Å²) in [6.07, 6.45) is 7.19. The smallest absolute Gasteiger partial charge is 0.407 e. The van der Waals surface area contributed by atoms with Crippen molar-refractivity contribution in [1.82, 2.24) is 15.3 Å². The predicted octanol–water partition coefficient (Wildman–Crippen LogP) is 4.59. The number of amides is 2. The summed E-state index contributed by atoms with van der Waals surface area (Å²) in [6.45, 7) is 4.27. The summed E-state index contributed by atoms with van der Waals surface area (Å²) in [5.41, 5.74) is 2.54. The van der Waals surface area contributed by atoms with Crippen LogP contribution in [0.3, 0.4) is 0 Å². The van der Waals surface area contributed by atoms with Crippen LogP contribution in [0.15, 0.2) is 36.5 Å². The molecule has 2 aromatic rings. The number of hydrogen-bond acceptors (Lipinski definition) is 7. The van der Waals surface area contributed by atoms with Crippen molar-refractivity contribution >= 4 is 46.7 Å². The van der Waals surface area contributed by atoms with Crippen LogP contribution in [-0.2, 0) is 14.9 Å². The van der Waals surface area contributed by atoms with Gasteiger partial charge in [-0.1, -0.05) is 37.6 Å².